The standard InChI is InChI=1S/C26H28N6O3S2/c1-4-18-10-12-20(13-11-18)35-17(2)24(34)27-14-22-30-31-26(32(22)3)37-16-23(33)29-25-28-21(15-36-25)19-8-6-5-7-9-19/h5-13,15,17H,4,14,16H2,1-3H3,(H,27,34)(H,28,29,33)/t17-/m0/s1. The molecule has 192 valence electrons. The van der Waals surface area contributed by atoms with Crippen molar-refractivity contribution >= 4 is 40.0 Å². The van der Waals surface area contributed by atoms with E-state index >= 15 is 0 Å². The Morgan fingerprint density at radius 1 is 1.11 bits per heavy atom. The van der Waals surface area contributed by atoms with Gasteiger partial charge >= 0.3 is 0 Å². The molecule has 4 rings (SSSR count). The maximum atomic E-state index is 12.5. The van der Waals surface area contributed by atoms with Gasteiger partial charge in [-0.3, -0.25) is 9.59 Å². The highest BCUT2D eigenvalue weighted by Crippen LogP contribution is 2.25. The van der Waals surface area contributed by atoms with Crippen molar-refractivity contribution in [2.75, 3.05) is 11.1 Å². The Bertz CT molecular complexity index is 1340. The van der Waals surface area contributed by atoms with Gasteiger partial charge in [-0.1, -0.05) is 61.2 Å². The molecule has 2 heterocycles. The summed E-state index contributed by atoms with van der Waals surface area (Å²) in [6, 6.07) is 17.5. The maximum Gasteiger partial charge on any atom is 0.261 e. The SMILES string of the molecule is CCc1ccc(O[C@@H](C)C(=O)NCc2nnc(SCC(=O)Nc3nc(-c4ccccc4)cs3)n2C)cc1. The molecule has 0 spiro atoms. The summed E-state index contributed by atoms with van der Waals surface area (Å²) < 4.78 is 7.49. The molecule has 0 aliphatic rings. The van der Waals surface area contributed by atoms with E-state index in [0.717, 1.165) is 17.7 Å². The van der Waals surface area contributed by atoms with Gasteiger partial charge in [-0.25, -0.2) is 4.98 Å². The molecule has 2 amide bonds. The van der Waals surface area contributed by atoms with Crippen LogP contribution in [-0.4, -0.2) is 43.4 Å². The number of aryl methyl sites for hydroxylation is 1. The van der Waals surface area contributed by atoms with E-state index in [1.54, 1.807) is 18.5 Å². The second-order valence-corrected chi connectivity index (χ2v) is 9.97. The number of thiazole rings is 1. The average Bonchev–Trinajstić information content (AvgIpc) is 3.53. The van der Waals surface area contributed by atoms with Crippen LogP contribution in [0.15, 0.2) is 65.1 Å². The molecule has 1 atom stereocenters. The van der Waals surface area contributed by atoms with E-state index in [1.165, 1.54) is 28.7 Å². The molecule has 2 aromatic heterocycles. The van der Waals surface area contributed by atoms with E-state index in [9.17, 15) is 9.59 Å². The molecular weight excluding hydrogens is 508 g/mol. The number of ether oxygens (including phenoxy) is 1. The van der Waals surface area contributed by atoms with Gasteiger partial charge in [-0.05, 0) is 31.0 Å². The number of carbonyl (C=O) groups excluding carboxylic acids is 2. The summed E-state index contributed by atoms with van der Waals surface area (Å²) in [5, 5.41) is 17.0. The Morgan fingerprint density at radius 3 is 2.59 bits per heavy atom. The Kier molecular flexibility index (Phi) is 8.91. The number of rotatable bonds is 11. The molecule has 0 radical (unpaired) electrons. The molecule has 0 saturated heterocycles. The predicted octanol–water partition coefficient (Wildman–Crippen LogP) is 4.32. The molecule has 0 aliphatic carbocycles. The molecule has 37 heavy (non-hydrogen) atoms. The summed E-state index contributed by atoms with van der Waals surface area (Å²) in [5.41, 5.74) is 3.03. The molecular formula is C26H28N6O3S2. The summed E-state index contributed by atoms with van der Waals surface area (Å²) in [7, 11) is 1.80. The van der Waals surface area contributed by atoms with Crippen LogP contribution in [0.1, 0.15) is 25.2 Å². The fourth-order valence-electron chi connectivity index (χ4n) is 3.35. The van der Waals surface area contributed by atoms with Crippen LogP contribution in [0.25, 0.3) is 11.3 Å². The zero-order valence-corrected chi connectivity index (χ0v) is 22.4. The highest BCUT2D eigenvalue weighted by atomic mass is 32.2. The lowest BCUT2D eigenvalue weighted by molar-refractivity contribution is -0.127. The number of amides is 2. The van der Waals surface area contributed by atoms with Gasteiger partial charge in [0.05, 0.1) is 18.0 Å². The monoisotopic (exact) mass is 536 g/mol. The van der Waals surface area contributed by atoms with Gasteiger partial charge in [0.1, 0.15) is 5.75 Å². The predicted molar refractivity (Wildman–Crippen MR) is 146 cm³/mol. The minimum atomic E-state index is -0.661. The smallest absolute Gasteiger partial charge is 0.261 e. The van der Waals surface area contributed by atoms with Crippen molar-refractivity contribution in [2.24, 2.45) is 7.05 Å². The number of hydrogen-bond acceptors (Lipinski definition) is 8. The van der Waals surface area contributed by atoms with Crippen LogP contribution < -0.4 is 15.4 Å². The van der Waals surface area contributed by atoms with Crippen LogP contribution >= 0.6 is 23.1 Å². The Balaban J connectivity index is 1.23. The van der Waals surface area contributed by atoms with Crippen LogP contribution in [0.2, 0.25) is 0 Å². The second-order valence-electron chi connectivity index (χ2n) is 8.17. The third-order valence-electron chi connectivity index (χ3n) is 5.51. The van der Waals surface area contributed by atoms with Gasteiger partial charge in [-0.2, -0.15) is 0 Å². The minimum absolute atomic E-state index is 0.153. The Morgan fingerprint density at radius 2 is 1.86 bits per heavy atom. The number of nitrogens with one attached hydrogen (secondary N) is 2. The van der Waals surface area contributed by atoms with Crippen molar-refractivity contribution in [3.05, 3.63) is 71.4 Å². The first-order valence-electron chi connectivity index (χ1n) is 11.8. The van der Waals surface area contributed by atoms with Crippen LogP contribution in [-0.2, 0) is 29.6 Å². The largest absolute Gasteiger partial charge is 0.481 e. The summed E-state index contributed by atoms with van der Waals surface area (Å²) in [6.45, 7) is 3.98. The molecule has 9 nitrogen and oxygen atoms in total. The number of anilines is 1. The van der Waals surface area contributed by atoms with Gasteiger partial charge in [0.25, 0.3) is 5.91 Å². The van der Waals surface area contributed by atoms with Crippen molar-refractivity contribution in [1.82, 2.24) is 25.1 Å². The Labute approximate surface area is 223 Å². The van der Waals surface area contributed by atoms with Crippen molar-refractivity contribution in [1.29, 1.82) is 0 Å². The Hall–Kier alpha value is -3.70. The van der Waals surface area contributed by atoms with Gasteiger partial charge in [-0.15, -0.1) is 21.5 Å². The second kappa shape index (κ2) is 12.5. The molecule has 2 aromatic carbocycles. The normalized spacial score (nSPS) is 11.6. The third-order valence-corrected chi connectivity index (χ3v) is 7.29. The first-order valence-corrected chi connectivity index (χ1v) is 13.6. The number of benzene rings is 2. The fourth-order valence-corrected chi connectivity index (χ4v) is 4.82. The van der Waals surface area contributed by atoms with Crippen LogP contribution in [0, 0.1) is 0 Å². The minimum Gasteiger partial charge on any atom is -0.481 e. The van der Waals surface area contributed by atoms with Gasteiger partial charge in [0.15, 0.2) is 22.2 Å². The van der Waals surface area contributed by atoms with Gasteiger partial charge in [0.2, 0.25) is 5.91 Å². The number of thioether (sulfide) groups is 1. The van der Waals surface area contributed by atoms with Crippen LogP contribution in [0.4, 0.5) is 5.13 Å². The lowest BCUT2D eigenvalue weighted by Gasteiger charge is -2.15. The lowest BCUT2D eigenvalue weighted by Crippen LogP contribution is -2.36. The molecule has 0 unspecified atom stereocenters. The quantitative estimate of drug-likeness (QED) is 0.275. The fraction of sp³-hybridized carbons (Fsp3) is 0.269. The third kappa shape index (κ3) is 7.17. The molecule has 11 heteroatoms. The highest BCUT2D eigenvalue weighted by molar-refractivity contribution is 7.99. The number of nitrogens with zero attached hydrogens (tertiary/aromatic N) is 4. The van der Waals surface area contributed by atoms with Crippen LogP contribution in [0.3, 0.4) is 0 Å². The van der Waals surface area contributed by atoms with Crippen molar-refractivity contribution in [2.45, 2.75) is 38.1 Å². The number of carbonyl (C=O) groups is 2. The topological polar surface area (TPSA) is 111 Å². The van der Waals surface area contributed by atoms with Crippen molar-refractivity contribution in [3.63, 3.8) is 0 Å². The maximum absolute atomic E-state index is 12.5. The van der Waals surface area contributed by atoms with E-state index in [0.29, 0.717) is 21.9 Å². The van der Waals surface area contributed by atoms with E-state index in [2.05, 4.69) is 32.7 Å². The first kappa shape index (κ1) is 26.4. The summed E-state index contributed by atoms with van der Waals surface area (Å²) in [4.78, 5) is 29.4. The zero-order chi connectivity index (χ0) is 26.2. The molecule has 0 fully saturated rings. The molecule has 4 aromatic rings. The van der Waals surface area contributed by atoms with E-state index in [1.807, 2.05) is 60.0 Å². The molecule has 0 aliphatic heterocycles. The highest BCUT2D eigenvalue weighted by Gasteiger charge is 2.17. The van der Waals surface area contributed by atoms with E-state index in [-0.39, 0.29) is 24.1 Å². The summed E-state index contributed by atoms with van der Waals surface area (Å²) in [5.74, 6) is 0.928. The number of aromatic nitrogens is 4. The average molecular weight is 537 g/mol. The van der Waals surface area contributed by atoms with Crippen molar-refractivity contribution in [3.8, 4) is 17.0 Å². The van der Waals surface area contributed by atoms with Crippen molar-refractivity contribution < 1.29 is 14.3 Å². The molecule has 2 N–H and O–H groups in total. The summed E-state index contributed by atoms with van der Waals surface area (Å²) in [6.07, 6.45) is 0.284. The zero-order valence-electron chi connectivity index (χ0n) is 20.8. The number of hydrogen-bond donors (Lipinski definition) is 2. The van der Waals surface area contributed by atoms with Crippen LogP contribution in [0.5, 0.6) is 5.75 Å². The first-order chi connectivity index (χ1) is 17.9. The summed E-state index contributed by atoms with van der Waals surface area (Å²) >= 11 is 2.64. The van der Waals surface area contributed by atoms with E-state index in [4.69, 9.17) is 4.74 Å². The molecule has 0 saturated carbocycles. The van der Waals surface area contributed by atoms with Gasteiger partial charge in [0, 0.05) is 18.0 Å². The van der Waals surface area contributed by atoms with Gasteiger partial charge < -0.3 is 19.9 Å². The molecule has 0 bridgehead atoms. The van der Waals surface area contributed by atoms with E-state index < -0.39 is 6.10 Å². The lowest BCUT2D eigenvalue weighted by atomic mass is 10.2.